The highest BCUT2D eigenvalue weighted by molar-refractivity contribution is 7.10. The maximum Gasteiger partial charge on any atom is 0.246 e. The zero-order valence-corrected chi connectivity index (χ0v) is 14.9. The van der Waals surface area contributed by atoms with E-state index in [2.05, 4.69) is 21.7 Å². The van der Waals surface area contributed by atoms with E-state index in [0.29, 0.717) is 5.92 Å². The molecule has 1 aromatic carbocycles. The van der Waals surface area contributed by atoms with Crippen LogP contribution in [-0.2, 0) is 11.3 Å². The fourth-order valence-corrected chi connectivity index (χ4v) is 4.03. The van der Waals surface area contributed by atoms with Gasteiger partial charge in [-0.3, -0.25) is 4.79 Å². The molecule has 0 N–H and O–H groups in total. The highest BCUT2D eigenvalue weighted by Gasteiger charge is 2.22. The lowest BCUT2D eigenvalue weighted by atomic mass is 9.96. The molecule has 0 aliphatic carbocycles. The predicted molar refractivity (Wildman–Crippen MR) is 102 cm³/mol. The molecule has 2 aromatic heterocycles. The molecule has 4 rings (SSSR count). The number of amides is 1. The number of thiophene rings is 1. The molecule has 3 heterocycles. The Bertz CT molecular complexity index is 873. The summed E-state index contributed by atoms with van der Waals surface area (Å²) in [6, 6.07) is 12.3. The van der Waals surface area contributed by atoms with Gasteiger partial charge in [0.1, 0.15) is 0 Å². The molecule has 0 atom stereocenters. The van der Waals surface area contributed by atoms with Crippen LogP contribution < -0.4 is 0 Å². The Morgan fingerprint density at radius 1 is 1.20 bits per heavy atom. The van der Waals surface area contributed by atoms with E-state index >= 15 is 0 Å². The van der Waals surface area contributed by atoms with E-state index in [1.807, 2.05) is 46.9 Å². The Hall–Kier alpha value is -2.40. The number of rotatable bonds is 4. The third-order valence-corrected chi connectivity index (χ3v) is 5.68. The Labute approximate surface area is 151 Å². The molecular formula is C20H21N3OS. The molecule has 25 heavy (non-hydrogen) atoms. The van der Waals surface area contributed by atoms with E-state index in [1.165, 1.54) is 5.52 Å². The molecule has 0 radical (unpaired) electrons. The van der Waals surface area contributed by atoms with Crippen LogP contribution in [0.3, 0.4) is 0 Å². The van der Waals surface area contributed by atoms with Crippen molar-refractivity contribution in [2.75, 3.05) is 13.1 Å². The predicted octanol–water partition coefficient (Wildman–Crippen LogP) is 4.05. The second-order valence-electron chi connectivity index (χ2n) is 6.50. The number of benzene rings is 1. The van der Waals surface area contributed by atoms with Crippen molar-refractivity contribution < 1.29 is 4.79 Å². The van der Waals surface area contributed by atoms with Crippen LogP contribution in [0.2, 0.25) is 0 Å². The van der Waals surface area contributed by atoms with Gasteiger partial charge in [-0.15, -0.1) is 11.3 Å². The Balaban J connectivity index is 1.33. The Morgan fingerprint density at radius 2 is 2.04 bits per heavy atom. The van der Waals surface area contributed by atoms with Gasteiger partial charge in [0.2, 0.25) is 5.91 Å². The number of hydrogen-bond acceptors (Lipinski definition) is 3. The first-order chi connectivity index (χ1) is 12.3. The van der Waals surface area contributed by atoms with Crippen LogP contribution in [0.15, 0.2) is 54.2 Å². The van der Waals surface area contributed by atoms with Crippen LogP contribution in [0.1, 0.15) is 17.7 Å². The van der Waals surface area contributed by atoms with Gasteiger partial charge in [0, 0.05) is 30.6 Å². The summed E-state index contributed by atoms with van der Waals surface area (Å²) in [5.41, 5.74) is 2.24. The number of carbonyl (C=O) groups is 1. The molecule has 1 aliphatic rings. The number of aromatic nitrogens is 2. The van der Waals surface area contributed by atoms with E-state index in [1.54, 1.807) is 17.4 Å². The van der Waals surface area contributed by atoms with Gasteiger partial charge in [-0.05, 0) is 48.4 Å². The largest absolute Gasteiger partial charge is 0.339 e. The van der Waals surface area contributed by atoms with Gasteiger partial charge in [0.15, 0.2) is 0 Å². The van der Waals surface area contributed by atoms with Gasteiger partial charge >= 0.3 is 0 Å². The fraction of sp³-hybridized carbons (Fsp3) is 0.300. The van der Waals surface area contributed by atoms with E-state index in [4.69, 9.17) is 0 Å². The third kappa shape index (κ3) is 3.66. The molecule has 1 amide bonds. The standard InChI is InChI=1S/C20H21N3OS/c24-20(8-7-17-4-3-13-25-17)22-11-9-16(10-12-22)14-23-15-21-18-5-1-2-6-19(18)23/h1-8,13,15-16H,9-12,14H2. The lowest BCUT2D eigenvalue weighted by Crippen LogP contribution is -2.38. The summed E-state index contributed by atoms with van der Waals surface area (Å²) in [5, 5.41) is 2.02. The molecule has 1 saturated heterocycles. The van der Waals surface area contributed by atoms with Crippen molar-refractivity contribution in [3.05, 3.63) is 59.1 Å². The quantitative estimate of drug-likeness (QED) is 0.665. The summed E-state index contributed by atoms with van der Waals surface area (Å²) in [5.74, 6) is 0.725. The number of nitrogens with zero attached hydrogens (tertiary/aromatic N) is 3. The first-order valence-electron chi connectivity index (χ1n) is 8.70. The molecule has 0 unspecified atom stereocenters. The van der Waals surface area contributed by atoms with Crippen molar-refractivity contribution in [2.45, 2.75) is 19.4 Å². The molecule has 128 valence electrons. The lowest BCUT2D eigenvalue weighted by molar-refractivity contribution is -0.127. The minimum Gasteiger partial charge on any atom is -0.339 e. The number of carbonyl (C=O) groups excluding carboxylic acids is 1. The van der Waals surface area contributed by atoms with Crippen LogP contribution in [0.4, 0.5) is 0 Å². The fourth-order valence-electron chi connectivity index (χ4n) is 3.41. The molecular weight excluding hydrogens is 330 g/mol. The summed E-state index contributed by atoms with van der Waals surface area (Å²) in [6.45, 7) is 2.66. The van der Waals surface area contributed by atoms with E-state index in [9.17, 15) is 4.79 Å². The number of hydrogen-bond donors (Lipinski definition) is 0. The molecule has 4 nitrogen and oxygen atoms in total. The molecule has 0 bridgehead atoms. The monoisotopic (exact) mass is 351 g/mol. The van der Waals surface area contributed by atoms with Crippen molar-refractivity contribution in [2.24, 2.45) is 5.92 Å². The second kappa shape index (κ2) is 7.23. The number of likely N-dealkylation sites (tertiary alicyclic amines) is 1. The number of imidazole rings is 1. The molecule has 1 aliphatic heterocycles. The minimum absolute atomic E-state index is 0.125. The number of piperidine rings is 1. The topological polar surface area (TPSA) is 38.1 Å². The Kier molecular flexibility index (Phi) is 4.65. The number of para-hydroxylation sites is 2. The van der Waals surface area contributed by atoms with Gasteiger partial charge < -0.3 is 9.47 Å². The summed E-state index contributed by atoms with van der Waals surface area (Å²) in [6.07, 6.45) is 7.65. The zero-order chi connectivity index (χ0) is 17.1. The van der Waals surface area contributed by atoms with Crippen molar-refractivity contribution in [1.82, 2.24) is 14.5 Å². The summed E-state index contributed by atoms with van der Waals surface area (Å²) in [4.78, 5) is 19.9. The third-order valence-electron chi connectivity index (χ3n) is 4.84. The summed E-state index contributed by atoms with van der Waals surface area (Å²) >= 11 is 1.65. The molecule has 0 spiro atoms. The normalized spacial score (nSPS) is 16.1. The van der Waals surface area contributed by atoms with Crippen LogP contribution >= 0.6 is 11.3 Å². The van der Waals surface area contributed by atoms with Gasteiger partial charge in [0.05, 0.1) is 17.4 Å². The number of fused-ring (bicyclic) bond motifs is 1. The van der Waals surface area contributed by atoms with Crippen molar-refractivity contribution in [3.63, 3.8) is 0 Å². The molecule has 0 saturated carbocycles. The molecule has 1 fully saturated rings. The van der Waals surface area contributed by atoms with Crippen LogP contribution in [0.25, 0.3) is 17.1 Å². The van der Waals surface area contributed by atoms with Gasteiger partial charge in [-0.25, -0.2) is 4.98 Å². The van der Waals surface area contributed by atoms with E-state index < -0.39 is 0 Å². The van der Waals surface area contributed by atoms with Gasteiger partial charge in [0.25, 0.3) is 0 Å². The molecule has 3 aromatic rings. The van der Waals surface area contributed by atoms with E-state index in [-0.39, 0.29) is 5.91 Å². The van der Waals surface area contributed by atoms with Crippen molar-refractivity contribution in [1.29, 1.82) is 0 Å². The first-order valence-corrected chi connectivity index (χ1v) is 9.58. The smallest absolute Gasteiger partial charge is 0.246 e. The van der Waals surface area contributed by atoms with Crippen LogP contribution in [0, 0.1) is 5.92 Å². The maximum absolute atomic E-state index is 12.3. The second-order valence-corrected chi connectivity index (χ2v) is 7.48. The zero-order valence-electron chi connectivity index (χ0n) is 14.0. The first kappa shape index (κ1) is 16.1. The molecule has 5 heteroatoms. The Morgan fingerprint density at radius 3 is 2.84 bits per heavy atom. The minimum atomic E-state index is 0.125. The van der Waals surface area contributed by atoms with Crippen LogP contribution in [0.5, 0.6) is 0 Å². The maximum atomic E-state index is 12.3. The van der Waals surface area contributed by atoms with Crippen molar-refractivity contribution in [3.8, 4) is 0 Å². The van der Waals surface area contributed by atoms with Crippen molar-refractivity contribution >= 4 is 34.4 Å². The summed E-state index contributed by atoms with van der Waals surface area (Å²) in [7, 11) is 0. The SMILES string of the molecule is O=C(C=Cc1cccs1)N1CCC(Cn2cnc3ccccc32)CC1. The highest BCUT2D eigenvalue weighted by atomic mass is 32.1. The van der Waals surface area contributed by atoms with Crippen LogP contribution in [-0.4, -0.2) is 33.4 Å². The highest BCUT2D eigenvalue weighted by Crippen LogP contribution is 2.22. The van der Waals surface area contributed by atoms with Gasteiger partial charge in [-0.1, -0.05) is 18.2 Å². The average molecular weight is 351 g/mol. The van der Waals surface area contributed by atoms with E-state index in [0.717, 1.165) is 42.9 Å². The summed E-state index contributed by atoms with van der Waals surface area (Å²) < 4.78 is 2.24. The lowest BCUT2D eigenvalue weighted by Gasteiger charge is -2.31. The average Bonchev–Trinajstić information content (AvgIpc) is 3.31. The van der Waals surface area contributed by atoms with Gasteiger partial charge in [-0.2, -0.15) is 0 Å².